The predicted octanol–water partition coefficient (Wildman–Crippen LogP) is 2.50. The molecule has 3 aromatic rings. The molecule has 1 aliphatic rings. The van der Waals surface area contributed by atoms with Crippen LogP contribution in [0.2, 0.25) is 0 Å². The molecule has 0 bridgehead atoms. The summed E-state index contributed by atoms with van der Waals surface area (Å²) in [7, 11) is 0. The molecule has 33 heavy (non-hydrogen) atoms. The maximum atomic E-state index is 12.6. The molecular formula is C23H28N4O6. The molecule has 0 fully saturated rings. The van der Waals surface area contributed by atoms with E-state index in [0.717, 1.165) is 24.8 Å². The van der Waals surface area contributed by atoms with Crippen LogP contribution >= 0.6 is 0 Å². The molecule has 2 aromatic heterocycles. The number of hydrogen-bond acceptors (Lipinski definition) is 7. The first kappa shape index (κ1) is 22.6. The van der Waals surface area contributed by atoms with Gasteiger partial charge < -0.3 is 18.8 Å². The first-order chi connectivity index (χ1) is 16.0. The van der Waals surface area contributed by atoms with E-state index in [1.165, 1.54) is 4.57 Å². The van der Waals surface area contributed by atoms with Gasteiger partial charge in [-0.05, 0) is 37.0 Å². The fourth-order valence-corrected chi connectivity index (χ4v) is 3.88. The molecule has 3 heterocycles. The Hall–Kier alpha value is -3.56. The van der Waals surface area contributed by atoms with Crippen LogP contribution in [-0.2, 0) is 35.6 Å². The number of unbranched alkanes of at least 4 members (excludes halogenated alkanes) is 1. The van der Waals surface area contributed by atoms with Gasteiger partial charge in [0.25, 0.3) is 5.56 Å². The van der Waals surface area contributed by atoms with Gasteiger partial charge in [0, 0.05) is 19.5 Å². The van der Waals surface area contributed by atoms with Crippen LogP contribution in [0.1, 0.15) is 50.9 Å². The Bertz CT molecular complexity index is 1270. The lowest BCUT2D eigenvalue weighted by Gasteiger charge is -2.09. The van der Waals surface area contributed by atoms with Crippen LogP contribution in [0.4, 0.5) is 0 Å². The van der Waals surface area contributed by atoms with E-state index in [9.17, 15) is 14.4 Å². The average Bonchev–Trinajstić information content (AvgIpc) is 3.41. The molecule has 176 valence electrons. The van der Waals surface area contributed by atoms with Crippen LogP contribution in [0.25, 0.3) is 11.2 Å². The van der Waals surface area contributed by atoms with Gasteiger partial charge in [0.15, 0.2) is 22.7 Å². The van der Waals surface area contributed by atoms with Crippen LogP contribution in [0.15, 0.2) is 27.8 Å². The summed E-state index contributed by atoms with van der Waals surface area (Å²) in [5, 5.41) is 0. The fraction of sp³-hybridized carbons (Fsp3) is 0.478. The third kappa shape index (κ3) is 4.79. The van der Waals surface area contributed by atoms with Crippen LogP contribution < -0.4 is 20.7 Å². The van der Waals surface area contributed by atoms with Gasteiger partial charge in [0.05, 0.1) is 0 Å². The lowest BCUT2D eigenvalue weighted by molar-refractivity contribution is -0.145. The Kier molecular flexibility index (Phi) is 6.81. The average molecular weight is 456 g/mol. The maximum Gasteiger partial charge on any atom is 0.330 e. The van der Waals surface area contributed by atoms with Gasteiger partial charge in [-0.1, -0.05) is 26.3 Å². The van der Waals surface area contributed by atoms with E-state index >= 15 is 0 Å². The van der Waals surface area contributed by atoms with Gasteiger partial charge in [0.2, 0.25) is 6.79 Å². The second-order valence-electron chi connectivity index (χ2n) is 7.96. The van der Waals surface area contributed by atoms with Crippen LogP contribution in [0.5, 0.6) is 11.5 Å². The summed E-state index contributed by atoms with van der Waals surface area (Å²) in [4.78, 5) is 44.2. The van der Waals surface area contributed by atoms with Gasteiger partial charge in [-0.15, -0.1) is 0 Å². The number of aryl methyl sites for hydroxylation is 3. The van der Waals surface area contributed by atoms with Gasteiger partial charge in [0.1, 0.15) is 12.4 Å². The number of rotatable bonds is 10. The minimum absolute atomic E-state index is 0.0734. The molecule has 0 amide bonds. The summed E-state index contributed by atoms with van der Waals surface area (Å²) in [6.45, 7) is 5.12. The van der Waals surface area contributed by atoms with E-state index in [4.69, 9.17) is 14.2 Å². The third-order valence-electron chi connectivity index (χ3n) is 5.56. The molecule has 0 aliphatic carbocycles. The maximum absolute atomic E-state index is 12.6. The monoisotopic (exact) mass is 456 g/mol. The number of nitrogens with zero attached hydrogens (tertiary/aromatic N) is 3. The van der Waals surface area contributed by atoms with Crippen molar-refractivity contribution in [2.24, 2.45) is 0 Å². The summed E-state index contributed by atoms with van der Waals surface area (Å²) < 4.78 is 19.4. The normalized spacial score (nSPS) is 12.4. The second-order valence-corrected chi connectivity index (χ2v) is 7.96. The highest BCUT2D eigenvalue weighted by atomic mass is 16.7. The van der Waals surface area contributed by atoms with E-state index in [1.807, 2.05) is 32.0 Å². The lowest BCUT2D eigenvalue weighted by atomic mass is 10.1. The van der Waals surface area contributed by atoms with Crippen molar-refractivity contribution in [2.75, 3.05) is 6.79 Å². The van der Waals surface area contributed by atoms with Gasteiger partial charge in [-0.2, -0.15) is 0 Å². The highest BCUT2D eigenvalue weighted by Crippen LogP contribution is 2.32. The number of esters is 1. The highest BCUT2D eigenvalue weighted by molar-refractivity contribution is 5.72. The molecule has 1 aliphatic heterocycles. The molecule has 0 atom stereocenters. The number of aromatic amines is 1. The standard InChI is InChI=1S/C23H28N4O6/c1-3-5-11-27-21-20(22(29)25-23(27)30)26(10-4-2)18(24-21)13-31-19(28)9-7-15-6-8-16-17(12-15)33-14-32-16/h6,8,12H,3-5,7,9-11,13-14H2,1-2H3,(H,25,29,30). The Morgan fingerprint density at radius 1 is 1.12 bits per heavy atom. The van der Waals surface area contributed by atoms with E-state index in [0.29, 0.717) is 48.0 Å². The Morgan fingerprint density at radius 2 is 1.94 bits per heavy atom. The van der Waals surface area contributed by atoms with Crippen molar-refractivity contribution in [2.45, 2.75) is 65.6 Å². The largest absolute Gasteiger partial charge is 0.457 e. The number of H-pyrrole nitrogens is 1. The Morgan fingerprint density at radius 3 is 2.73 bits per heavy atom. The molecule has 0 saturated carbocycles. The lowest BCUT2D eigenvalue weighted by Crippen LogP contribution is -2.31. The summed E-state index contributed by atoms with van der Waals surface area (Å²) >= 11 is 0. The van der Waals surface area contributed by atoms with Crippen molar-refractivity contribution < 1.29 is 19.0 Å². The Labute approximate surface area is 190 Å². The number of fused-ring (bicyclic) bond motifs is 2. The summed E-state index contributed by atoms with van der Waals surface area (Å²) in [5.41, 5.74) is 0.648. The number of carbonyl (C=O) groups excluding carboxylic acids is 1. The molecule has 1 N–H and O–H groups in total. The molecule has 10 nitrogen and oxygen atoms in total. The van der Waals surface area contributed by atoms with Crippen molar-refractivity contribution in [3.05, 3.63) is 50.4 Å². The van der Waals surface area contributed by atoms with Gasteiger partial charge in [-0.25, -0.2) is 9.78 Å². The van der Waals surface area contributed by atoms with Gasteiger partial charge in [-0.3, -0.25) is 19.1 Å². The zero-order valence-corrected chi connectivity index (χ0v) is 18.9. The number of imidazole rings is 1. The van der Waals surface area contributed by atoms with Crippen LogP contribution in [0, 0.1) is 0 Å². The van der Waals surface area contributed by atoms with Crippen molar-refractivity contribution in [3.8, 4) is 11.5 Å². The Balaban J connectivity index is 1.49. The second kappa shape index (κ2) is 9.93. The summed E-state index contributed by atoms with van der Waals surface area (Å²) in [6, 6.07) is 5.58. The number of carbonyl (C=O) groups is 1. The quantitative estimate of drug-likeness (QED) is 0.466. The summed E-state index contributed by atoms with van der Waals surface area (Å²) in [6.07, 6.45) is 3.12. The number of benzene rings is 1. The molecule has 1 aromatic carbocycles. The SMILES string of the molecule is CCCCn1c(=O)[nH]c(=O)c2c1nc(COC(=O)CCc1ccc3c(c1)OCO3)n2CCC. The molecule has 0 radical (unpaired) electrons. The zero-order chi connectivity index (χ0) is 23.4. The van der Waals surface area contributed by atoms with Crippen LogP contribution in [0.3, 0.4) is 0 Å². The molecule has 10 heteroatoms. The third-order valence-corrected chi connectivity index (χ3v) is 5.56. The van der Waals surface area contributed by atoms with Crippen molar-refractivity contribution in [1.29, 1.82) is 0 Å². The first-order valence-corrected chi connectivity index (χ1v) is 11.3. The van der Waals surface area contributed by atoms with Crippen molar-refractivity contribution in [1.82, 2.24) is 19.1 Å². The van der Waals surface area contributed by atoms with E-state index < -0.39 is 11.2 Å². The number of nitrogens with one attached hydrogen (secondary N) is 1. The molecule has 4 rings (SSSR count). The number of hydrogen-bond donors (Lipinski definition) is 1. The molecule has 0 unspecified atom stereocenters. The minimum Gasteiger partial charge on any atom is -0.457 e. The zero-order valence-electron chi connectivity index (χ0n) is 18.9. The number of aromatic nitrogens is 4. The first-order valence-electron chi connectivity index (χ1n) is 11.3. The van der Waals surface area contributed by atoms with Gasteiger partial charge >= 0.3 is 11.7 Å². The topological polar surface area (TPSA) is 117 Å². The van der Waals surface area contributed by atoms with Crippen molar-refractivity contribution >= 4 is 17.1 Å². The molecule has 0 saturated heterocycles. The van der Waals surface area contributed by atoms with E-state index in [1.54, 1.807) is 4.57 Å². The molecule has 0 spiro atoms. The van der Waals surface area contributed by atoms with E-state index in [2.05, 4.69) is 9.97 Å². The smallest absolute Gasteiger partial charge is 0.330 e. The summed E-state index contributed by atoms with van der Waals surface area (Å²) in [5.74, 6) is 1.45. The fourth-order valence-electron chi connectivity index (χ4n) is 3.88. The molecular weight excluding hydrogens is 428 g/mol. The minimum atomic E-state index is -0.482. The van der Waals surface area contributed by atoms with Crippen molar-refractivity contribution in [3.63, 3.8) is 0 Å². The number of ether oxygens (including phenoxy) is 3. The van der Waals surface area contributed by atoms with Crippen LogP contribution in [-0.4, -0.2) is 31.9 Å². The predicted molar refractivity (Wildman–Crippen MR) is 120 cm³/mol. The highest BCUT2D eigenvalue weighted by Gasteiger charge is 2.19. The van der Waals surface area contributed by atoms with E-state index in [-0.39, 0.29) is 25.8 Å².